The van der Waals surface area contributed by atoms with Gasteiger partial charge in [-0.3, -0.25) is 0 Å². The summed E-state index contributed by atoms with van der Waals surface area (Å²) in [5.74, 6) is 1.50. The van der Waals surface area contributed by atoms with Crippen molar-refractivity contribution in [2.75, 3.05) is 18.1 Å². The van der Waals surface area contributed by atoms with Crippen molar-refractivity contribution in [1.29, 1.82) is 0 Å². The second-order valence-electron chi connectivity index (χ2n) is 7.93. The molecule has 1 aliphatic carbocycles. The maximum atomic E-state index is 5.16. The molecule has 0 atom stereocenters. The van der Waals surface area contributed by atoms with E-state index in [0.717, 1.165) is 51.1 Å². The van der Waals surface area contributed by atoms with Gasteiger partial charge >= 0.3 is 0 Å². The number of aryl methyl sites for hydroxylation is 1. The quantitative estimate of drug-likeness (QED) is 0.308. The maximum absolute atomic E-state index is 5.16. The second-order valence-corrected chi connectivity index (χ2v) is 9.70. The molecule has 0 radical (unpaired) electrons. The van der Waals surface area contributed by atoms with Gasteiger partial charge in [0.2, 0.25) is 0 Å². The van der Waals surface area contributed by atoms with E-state index in [0.29, 0.717) is 5.92 Å². The van der Waals surface area contributed by atoms with Crippen LogP contribution in [0, 0.1) is 5.92 Å². The van der Waals surface area contributed by atoms with Crippen molar-refractivity contribution in [3.8, 4) is 11.3 Å². The lowest BCUT2D eigenvalue weighted by atomic mass is 10.0. The molecule has 5 rings (SSSR count). The monoisotopic (exact) mass is 420 g/mol. The molecule has 0 unspecified atom stereocenters. The van der Waals surface area contributed by atoms with E-state index in [1.54, 1.807) is 23.1 Å². The van der Waals surface area contributed by atoms with E-state index in [4.69, 9.17) is 15.0 Å². The minimum atomic E-state index is 0.555. The van der Waals surface area contributed by atoms with Crippen molar-refractivity contribution in [1.82, 2.24) is 15.0 Å². The molecular formula is C23H24N4S2. The summed E-state index contributed by atoms with van der Waals surface area (Å²) in [6.07, 6.45) is 5.43. The SMILES string of the molecule is CSc1nc(NCC(C)C)c2sc3nc(-c4ccccc4)c4c(c3c2n1)CCC4. The zero-order valence-corrected chi connectivity index (χ0v) is 18.6. The summed E-state index contributed by atoms with van der Waals surface area (Å²) in [7, 11) is 0. The fraction of sp³-hybridized carbons (Fsp3) is 0.348. The summed E-state index contributed by atoms with van der Waals surface area (Å²) in [4.78, 5) is 16.0. The fourth-order valence-electron chi connectivity index (χ4n) is 4.09. The van der Waals surface area contributed by atoms with E-state index in [1.807, 2.05) is 6.26 Å². The van der Waals surface area contributed by atoms with E-state index in [9.17, 15) is 0 Å². The molecule has 0 amide bonds. The summed E-state index contributed by atoms with van der Waals surface area (Å²) in [6.45, 7) is 5.33. The number of pyridine rings is 1. The average molecular weight is 421 g/mol. The van der Waals surface area contributed by atoms with Crippen molar-refractivity contribution in [2.24, 2.45) is 5.92 Å². The van der Waals surface area contributed by atoms with Crippen LogP contribution in [0.1, 0.15) is 31.4 Å². The lowest BCUT2D eigenvalue weighted by molar-refractivity contribution is 0.686. The topological polar surface area (TPSA) is 50.7 Å². The van der Waals surface area contributed by atoms with Gasteiger partial charge in [0.05, 0.1) is 15.9 Å². The highest BCUT2D eigenvalue weighted by atomic mass is 32.2. The first kappa shape index (κ1) is 18.8. The lowest BCUT2D eigenvalue weighted by Crippen LogP contribution is -2.09. The Labute approximate surface area is 179 Å². The number of thioether (sulfide) groups is 1. The maximum Gasteiger partial charge on any atom is 0.189 e. The van der Waals surface area contributed by atoms with Crippen LogP contribution in [-0.4, -0.2) is 27.8 Å². The molecule has 3 aromatic heterocycles. The van der Waals surface area contributed by atoms with Gasteiger partial charge in [-0.25, -0.2) is 15.0 Å². The van der Waals surface area contributed by atoms with Crippen LogP contribution in [0.5, 0.6) is 0 Å². The first-order valence-electron chi connectivity index (χ1n) is 10.1. The fourth-order valence-corrected chi connectivity index (χ4v) is 5.57. The Kier molecular flexibility index (Phi) is 4.92. The van der Waals surface area contributed by atoms with Crippen molar-refractivity contribution in [2.45, 2.75) is 38.3 Å². The molecule has 4 nitrogen and oxygen atoms in total. The summed E-state index contributed by atoms with van der Waals surface area (Å²) >= 11 is 3.33. The number of thiophene rings is 1. The van der Waals surface area contributed by atoms with Crippen LogP contribution in [0.25, 0.3) is 31.7 Å². The van der Waals surface area contributed by atoms with Gasteiger partial charge in [0.1, 0.15) is 10.6 Å². The number of rotatable bonds is 5. The van der Waals surface area contributed by atoms with Crippen LogP contribution in [0.3, 0.4) is 0 Å². The molecular weight excluding hydrogens is 396 g/mol. The van der Waals surface area contributed by atoms with Gasteiger partial charge in [0, 0.05) is 17.5 Å². The molecule has 1 aliphatic rings. The molecule has 29 heavy (non-hydrogen) atoms. The third-order valence-corrected chi connectivity index (χ3v) is 7.05. The Morgan fingerprint density at radius 3 is 2.62 bits per heavy atom. The molecule has 1 aromatic carbocycles. The zero-order valence-electron chi connectivity index (χ0n) is 17.0. The van der Waals surface area contributed by atoms with E-state index in [1.165, 1.54) is 28.5 Å². The summed E-state index contributed by atoms with van der Waals surface area (Å²) in [6, 6.07) is 10.6. The van der Waals surface area contributed by atoms with Gasteiger partial charge in [0.15, 0.2) is 5.16 Å². The molecule has 1 N–H and O–H groups in total. The van der Waals surface area contributed by atoms with Crippen LogP contribution in [0.4, 0.5) is 5.82 Å². The normalized spacial score (nSPS) is 13.5. The number of anilines is 1. The van der Waals surface area contributed by atoms with Gasteiger partial charge in [-0.1, -0.05) is 55.9 Å². The van der Waals surface area contributed by atoms with Crippen molar-refractivity contribution in [3.63, 3.8) is 0 Å². The van der Waals surface area contributed by atoms with Crippen LogP contribution >= 0.6 is 23.1 Å². The molecule has 148 valence electrons. The molecule has 0 spiro atoms. The smallest absolute Gasteiger partial charge is 0.189 e. The number of hydrogen-bond donors (Lipinski definition) is 1. The van der Waals surface area contributed by atoms with Crippen LogP contribution in [0.15, 0.2) is 35.5 Å². The Bertz CT molecular complexity index is 1200. The summed E-state index contributed by atoms with van der Waals surface area (Å²) in [5.41, 5.74) is 6.27. The minimum absolute atomic E-state index is 0.555. The number of nitrogens with one attached hydrogen (secondary N) is 1. The Morgan fingerprint density at radius 1 is 1.07 bits per heavy atom. The highest BCUT2D eigenvalue weighted by molar-refractivity contribution is 7.98. The van der Waals surface area contributed by atoms with Crippen molar-refractivity contribution in [3.05, 3.63) is 41.5 Å². The Morgan fingerprint density at radius 2 is 1.86 bits per heavy atom. The van der Waals surface area contributed by atoms with Gasteiger partial charge in [-0.2, -0.15) is 0 Å². The molecule has 0 fully saturated rings. The Balaban J connectivity index is 1.79. The zero-order chi connectivity index (χ0) is 20.0. The van der Waals surface area contributed by atoms with Crippen molar-refractivity contribution >= 4 is 49.3 Å². The predicted octanol–water partition coefficient (Wildman–Crippen LogP) is 6.19. The second kappa shape index (κ2) is 7.58. The average Bonchev–Trinajstić information content (AvgIpc) is 3.36. The molecule has 0 saturated carbocycles. The largest absolute Gasteiger partial charge is 0.368 e. The highest BCUT2D eigenvalue weighted by Gasteiger charge is 2.25. The predicted molar refractivity (Wildman–Crippen MR) is 125 cm³/mol. The van der Waals surface area contributed by atoms with Gasteiger partial charge in [-0.15, -0.1) is 11.3 Å². The number of fused-ring (bicyclic) bond motifs is 5. The van der Waals surface area contributed by atoms with E-state index < -0.39 is 0 Å². The molecule has 4 aromatic rings. The molecule has 0 aliphatic heterocycles. The van der Waals surface area contributed by atoms with Crippen LogP contribution < -0.4 is 5.32 Å². The van der Waals surface area contributed by atoms with E-state index in [-0.39, 0.29) is 0 Å². The van der Waals surface area contributed by atoms with Gasteiger partial charge in [0.25, 0.3) is 0 Å². The number of nitrogens with zero attached hydrogens (tertiary/aromatic N) is 3. The molecule has 6 heteroatoms. The van der Waals surface area contributed by atoms with E-state index in [2.05, 4.69) is 49.5 Å². The Hall–Kier alpha value is -2.18. The molecule has 0 bridgehead atoms. The van der Waals surface area contributed by atoms with Crippen LogP contribution in [0.2, 0.25) is 0 Å². The summed E-state index contributed by atoms with van der Waals surface area (Å²) in [5, 5.41) is 5.63. The van der Waals surface area contributed by atoms with E-state index >= 15 is 0 Å². The third kappa shape index (κ3) is 3.28. The van der Waals surface area contributed by atoms with Gasteiger partial charge < -0.3 is 5.32 Å². The van der Waals surface area contributed by atoms with Crippen molar-refractivity contribution < 1.29 is 0 Å². The number of benzene rings is 1. The first-order chi connectivity index (χ1) is 14.2. The molecule has 0 saturated heterocycles. The number of aromatic nitrogens is 3. The standard InChI is InChI=1S/C23H24N4S2/c1-13(2)12-24-21-20-19(26-23(27-21)28-3)17-15-10-7-11-16(15)18(25-22(17)29-20)14-8-5-4-6-9-14/h4-6,8-9,13H,7,10-12H2,1-3H3,(H,24,26,27). The summed E-state index contributed by atoms with van der Waals surface area (Å²) < 4.78 is 1.13. The van der Waals surface area contributed by atoms with Gasteiger partial charge in [-0.05, 0) is 42.6 Å². The minimum Gasteiger partial charge on any atom is -0.368 e. The number of hydrogen-bond acceptors (Lipinski definition) is 6. The lowest BCUT2D eigenvalue weighted by Gasteiger charge is -2.10. The first-order valence-corrected chi connectivity index (χ1v) is 12.2. The highest BCUT2D eigenvalue weighted by Crippen LogP contribution is 2.43. The molecule has 3 heterocycles. The van der Waals surface area contributed by atoms with Crippen LogP contribution in [-0.2, 0) is 12.8 Å². The third-order valence-electron chi connectivity index (χ3n) is 5.42.